The monoisotopic (exact) mass is 319 g/mol. The molecule has 0 saturated carbocycles. The lowest BCUT2D eigenvalue weighted by atomic mass is 9.92. The van der Waals surface area contributed by atoms with Gasteiger partial charge in [0.1, 0.15) is 5.60 Å². The summed E-state index contributed by atoms with van der Waals surface area (Å²) in [6.45, 7) is 8.94. The molecule has 1 aromatic carbocycles. The molecule has 5 nitrogen and oxygen atoms in total. The number of nitrogens with one attached hydrogen (secondary N) is 1. The van der Waals surface area contributed by atoms with Gasteiger partial charge in [0.05, 0.1) is 0 Å². The van der Waals surface area contributed by atoms with E-state index < -0.39 is 5.60 Å². The summed E-state index contributed by atoms with van der Waals surface area (Å²) in [5.74, 6) is 0.250. The molecule has 1 heterocycles. The molecule has 1 aliphatic rings. The molecule has 0 radical (unpaired) electrons. The minimum Gasteiger partial charge on any atom is -0.444 e. The lowest BCUT2D eigenvalue weighted by Gasteiger charge is -2.38. The Hall–Kier alpha value is -1.59. The number of nitrogens with two attached hydrogens (primary N) is 1. The van der Waals surface area contributed by atoms with Gasteiger partial charge in [-0.05, 0) is 39.3 Å². The van der Waals surface area contributed by atoms with Gasteiger partial charge in [-0.15, -0.1) is 0 Å². The second-order valence-electron chi connectivity index (χ2n) is 7.26. The fraction of sp³-hybridized carbons (Fsp3) is 0.611. The van der Waals surface area contributed by atoms with Crippen LogP contribution in [0.5, 0.6) is 0 Å². The first-order chi connectivity index (χ1) is 10.9. The number of likely N-dealkylation sites (tertiary alicyclic amines) is 1. The largest absolute Gasteiger partial charge is 0.444 e. The highest BCUT2D eigenvalue weighted by Gasteiger charge is 2.30. The van der Waals surface area contributed by atoms with Crippen molar-refractivity contribution < 1.29 is 9.53 Å². The topological polar surface area (TPSA) is 67.6 Å². The summed E-state index contributed by atoms with van der Waals surface area (Å²) in [4.78, 5) is 14.4. The van der Waals surface area contributed by atoms with Crippen molar-refractivity contribution in [1.82, 2.24) is 10.2 Å². The van der Waals surface area contributed by atoms with Gasteiger partial charge in [0.15, 0.2) is 0 Å². The van der Waals surface area contributed by atoms with Crippen LogP contribution >= 0.6 is 0 Å². The number of ether oxygens (including phenoxy) is 1. The van der Waals surface area contributed by atoms with E-state index in [9.17, 15) is 4.79 Å². The van der Waals surface area contributed by atoms with Gasteiger partial charge < -0.3 is 15.8 Å². The van der Waals surface area contributed by atoms with Crippen molar-refractivity contribution in [3.63, 3.8) is 0 Å². The van der Waals surface area contributed by atoms with E-state index >= 15 is 0 Å². The number of benzene rings is 1. The Morgan fingerprint density at radius 1 is 1.35 bits per heavy atom. The lowest BCUT2D eigenvalue weighted by Crippen LogP contribution is -2.53. The van der Waals surface area contributed by atoms with Crippen molar-refractivity contribution in [2.24, 2.45) is 11.7 Å². The third kappa shape index (κ3) is 5.84. The molecule has 3 N–H and O–H groups in total. The number of alkyl carbamates (subject to hydrolysis) is 1. The highest BCUT2D eigenvalue weighted by molar-refractivity contribution is 5.68. The fourth-order valence-electron chi connectivity index (χ4n) is 2.98. The Kier molecular flexibility index (Phi) is 6.02. The van der Waals surface area contributed by atoms with Crippen molar-refractivity contribution in [3.8, 4) is 0 Å². The summed E-state index contributed by atoms with van der Waals surface area (Å²) in [7, 11) is 0. The maximum absolute atomic E-state index is 12.0. The Labute approximate surface area is 139 Å². The Bertz CT molecular complexity index is 499. The van der Waals surface area contributed by atoms with Crippen LogP contribution in [-0.4, -0.2) is 42.3 Å². The van der Waals surface area contributed by atoms with Gasteiger partial charge in [0.2, 0.25) is 0 Å². The lowest BCUT2D eigenvalue weighted by molar-refractivity contribution is 0.0435. The van der Waals surface area contributed by atoms with Crippen LogP contribution in [0.4, 0.5) is 4.79 Å². The van der Waals surface area contributed by atoms with Crippen LogP contribution in [0.25, 0.3) is 0 Å². The van der Waals surface area contributed by atoms with Gasteiger partial charge in [0, 0.05) is 31.6 Å². The van der Waals surface area contributed by atoms with E-state index in [0.717, 1.165) is 26.1 Å². The molecular formula is C18H29N3O2. The molecule has 1 aromatic rings. The number of rotatable bonds is 4. The van der Waals surface area contributed by atoms with Crippen LogP contribution in [0, 0.1) is 5.92 Å². The van der Waals surface area contributed by atoms with Gasteiger partial charge in [-0.3, -0.25) is 4.90 Å². The third-order valence-electron chi connectivity index (χ3n) is 4.07. The van der Waals surface area contributed by atoms with E-state index in [1.54, 1.807) is 0 Å². The fourth-order valence-corrected chi connectivity index (χ4v) is 2.98. The molecule has 5 heteroatoms. The van der Waals surface area contributed by atoms with Crippen LogP contribution in [0.2, 0.25) is 0 Å². The van der Waals surface area contributed by atoms with E-state index in [0.29, 0.717) is 6.54 Å². The average molecular weight is 319 g/mol. The molecule has 2 unspecified atom stereocenters. The molecule has 1 aliphatic heterocycles. The van der Waals surface area contributed by atoms with E-state index in [4.69, 9.17) is 10.5 Å². The summed E-state index contributed by atoms with van der Waals surface area (Å²) >= 11 is 0. The predicted octanol–water partition coefficient (Wildman–Crippen LogP) is 2.36. The quantitative estimate of drug-likeness (QED) is 0.894. The van der Waals surface area contributed by atoms with Crippen LogP contribution in [0.3, 0.4) is 0 Å². The molecule has 128 valence electrons. The first-order valence-corrected chi connectivity index (χ1v) is 8.33. The van der Waals surface area contributed by atoms with Crippen LogP contribution in [0.1, 0.15) is 32.8 Å². The van der Waals surface area contributed by atoms with Gasteiger partial charge in [-0.2, -0.15) is 0 Å². The minimum absolute atomic E-state index is 0.0851. The van der Waals surface area contributed by atoms with Gasteiger partial charge in [-0.1, -0.05) is 30.3 Å². The van der Waals surface area contributed by atoms with Crippen LogP contribution in [0.15, 0.2) is 30.3 Å². The maximum atomic E-state index is 12.0. The van der Waals surface area contributed by atoms with Gasteiger partial charge in [-0.25, -0.2) is 4.79 Å². The molecule has 2 rings (SSSR count). The summed E-state index contributed by atoms with van der Waals surface area (Å²) in [5, 5.41) is 2.99. The maximum Gasteiger partial charge on any atom is 0.407 e. The number of piperidine rings is 1. The Morgan fingerprint density at radius 3 is 2.65 bits per heavy atom. The number of amides is 1. The minimum atomic E-state index is -0.476. The third-order valence-corrected chi connectivity index (χ3v) is 4.07. The molecular weight excluding hydrogens is 290 g/mol. The van der Waals surface area contributed by atoms with Gasteiger partial charge >= 0.3 is 6.09 Å². The zero-order valence-corrected chi connectivity index (χ0v) is 14.4. The van der Waals surface area contributed by atoms with E-state index in [1.165, 1.54) is 5.56 Å². The highest BCUT2D eigenvalue weighted by atomic mass is 16.6. The highest BCUT2D eigenvalue weighted by Crippen LogP contribution is 2.19. The summed E-state index contributed by atoms with van der Waals surface area (Å²) < 4.78 is 5.35. The zero-order chi connectivity index (χ0) is 16.9. The number of nitrogens with zero attached hydrogens (tertiary/aromatic N) is 1. The van der Waals surface area contributed by atoms with E-state index in [-0.39, 0.29) is 18.1 Å². The van der Waals surface area contributed by atoms with Crippen molar-refractivity contribution in [3.05, 3.63) is 35.9 Å². The zero-order valence-electron chi connectivity index (χ0n) is 14.4. The number of carbonyl (C=O) groups is 1. The second kappa shape index (κ2) is 7.79. The molecule has 0 aromatic heterocycles. The van der Waals surface area contributed by atoms with E-state index in [1.807, 2.05) is 26.8 Å². The standard InChI is InChI=1S/C18H29N3O2/c1-18(2,3)23-17(22)20-16-9-10-21(13-15(16)11-19)12-14-7-5-4-6-8-14/h4-8,15-16H,9-13,19H2,1-3H3,(H,20,22). The predicted molar refractivity (Wildman–Crippen MR) is 92.0 cm³/mol. The Morgan fingerprint density at radius 2 is 2.04 bits per heavy atom. The van der Waals surface area contributed by atoms with Gasteiger partial charge in [0.25, 0.3) is 0 Å². The first kappa shape index (κ1) is 17.8. The molecule has 2 atom stereocenters. The van der Waals surface area contributed by atoms with E-state index in [2.05, 4.69) is 34.5 Å². The normalized spacial score (nSPS) is 22.6. The molecule has 23 heavy (non-hydrogen) atoms. The average Bonchev–Trinajstić information content (AvgIpc) is 2.48. The molecule has 0 aliphatic carbocycles. The molecule has 0 bridgehead atoms. The molecule has 1 fully saturated rings. The Balaban J connectivity index is 1.87. The van der Waals surface area contributed by atoms with Crippen molar-refractivity contribution >= 4 is 6.09 Å². The van der Waals surface area contributed by atoms with Crippen LogP contribution < -0.4 is 11.1 Å². The first-order valence-electron chi connectivity index (χ1n) is 8.33. The summed E-state index contributed by atoms with van der Waals surface area (Å²) in [6.07, 6.45) is 0.547. The van der Waals surface area contributed by atoms with Crippen molar-refractivity contribution in [2.75, 3.05) is 19.6 Å². The van der Waals surface area contributed by atoms with Crippen molar-refractivity contribution in [1.29, 1.82) is 0 Å². The number of carbonyl (C=O) groups excluding carboxylic acids is 1. The number of hydrogen-bond acceptors (Lipinski definition) is 4. The second-order valence-corrected chi connectivity index (χ2v) is 7.26. The smallest absolute Gasteiger partial charge is 0.407 e. The van der Waals surface area contributed by atoms with Crippen molar-refractivity contribution in [2.45, 2.75) is 45.4 Å². The summed E-state index contributed by atoms with van der Waals surface area (Å²) in [5.41, 5.74) is 6.76. The summed E-state index contributed by atoms with van der Waals surface area (Å²) in [6, 6.07) is 10.5. The van der Waals surface area contributed by atoms with Crippen LogP contribution in [-0.2, 0) is 11.3 Å². The molecule has 1 saturated heterocycles. The SMILES string of the molecule is CC(C)(C)OC(=O)NC1CCN(Cc2ccccc2)CC1CN. The number of hydrogen-bond donors (Lipinski definition) is 2. The molecule has 0 spiro atoms. The molecule has 1 amide bonds.